The quantitative estimate of drug-likeness (QED) is 0.283. The lowest BCUT2D eigenvalue weighted by Gasteiger charge is -2.09. The number of nitrogens with zero attached hydrogens (tertiary/aromatic N) is 2. The second-order valence-corrected chi connectivity index (χ2v) is 8.28. The van der Waals surface area contributed by atoms with Crippen molar-refractivity contribution in [2.75, 3.05) is 6.61 Å². The Morgan fingerprint density at radius 3 is 2.40 bits per heavy atom. The summed E-state index contributed by atoms with van der Waals surface area (Å²) in [7, 11) is 1.92. The topological polar surface area (TPSA) is 94.0 Å². The molecule has 0 unspecified atom stereocenters. The van der Waals surface area contributed by atoms with Crippen molar-refractivity contribution in [3.63, 3.8) is 0 Å². The van der Waals surface area contributed by atoms with Gasteiger partial charge in [0.2, 0.25) is 5.78 Å². The molecule has 1 N–H and O–H groups in total. The van der Waals surface area contributed by atoms with Crippen LogP contribution in [0.15, 0.2) is 83.7 Å². The van der Waals surface area contributed by atoms with Crippen LogP contribution in [0.3, 0.4) is 0 Å². The number of ketones is 1. The van der Waals surface area contributed by atoms with Crippen LogP contribution in [0.1, 0.15) is 22.6 Å². The van der Waals surface area contributed by atoms with E-state index < -0.39 is 5.97 Å². The van der Waals surface area contributed by atoms with Gasteiger partial charge >= 0.3 is 5.97 Å². The van der Waals surface area contributed by atoms with Crippen LogP contribution in [0.4, 0.5) is 0 Å². The summed E-state index contributed by atoms with van der Waals surface area (Å²) in [5, 5.41) is 1.31. The van der Waals surface area contributed by atoms with E-state index in [2.05, 4.69) is 9.97 Å². The van der Waals surface area contributed by atoms with E-state index in [4.69, 9.17) is 4.74 Å². The van der Waals surface area contributed by atoms with Gasteiger partial charge in [0, 0.05) is 24.4 Å². The maximum atomic E-state index is 13.3. The fraction of sp³-hybridized carbons (Fsp3) is 0.143. The molecule has 35 heavy (non-hydrogen) atoms. The van der Waals surface area contributed by atoms with Gasteiger partial charge in [-0.3, -0.25) is 14.4 Å². The molecule has 174 valence electrons. The Morgan fingerprint density at radius 1 is 0.914 bits per heavy atom. The molecule has 0 atom stereocenters. The molecule has 2 aromatic heterocycles. The molecule has 2 heterocycles. The highest BCUT2D eigenvalue weighted by molar-refractivity contribution is 6.14. The molecular formula is C28H23N3O4. The molecule has 5 rings (SSSR count). The highest BCUT2D eigenvalue weighted by atomic mass is 16.5. The maximum Gasteiger partial charge on any atom is 0.306 e. The zero-order chi connectivity index (χ0) is 24.4. The van der Waals surface area contributed by atoms with E-state index in [0.717, 1.165) is 22.2 Å². The number of aryl methyl sites for hydroxylation is 2. The van der Waals surface area contributed by atoms with E-state index in [9.17, 15) is 14.4 Å². The summed E-state index contributed by atoms with van der Waals surface area (Å²) in [4.78, 5) is 45.0. The molecule has 0 spiro atoms. The molecule has 7 heteroatoms. The summed E-state index contributed by atoms with van der Waals surface area (Å²) in [6.07, 6.45) is 0.201. The first kappa shape index (κ1) is 22.3. The van der Waals surface area contributed by atoms with Crippen molar-refractivity contribution < 1.29 is 14.3 Å². The number of benzene rings is 3. The van der Waals surface area contributed by atoms with Gasteiger partial charge in [0.15, 0.2) is 6.61 Å². The summed E-state index contributed by atoms with van der Waals surface area (Å²) in [5.74, 6) is -0.403. The van der Waals surface area contributed by atoms with Crippen LogP contribution in [0.25, 0.3) is 33.1 Å². The molecule has 7 nitrogen and oxygen atoms in total. The van der Waals surface area contributed by atoms with Crippen LogP contribution in [0.5, 0.6) is 0 Å². The SMILES string of the molecule is Cn1c(-c2ccccc2)c(C(=O)COC(=O)CCc2nc3ccccc3c(=O)[nH]2)c2ccccc21. The van der Waals surface area contributed by atoms with Crippen molar-refractivity contribution in [1.82, 2.24) is 14.5 Å². The van der Waals surface area contributed by atoms with Crippen molar-refractivity contribution in [3.05, 3.63) is 101 Å². The Balaban J connectivity index is 1.32. The minimum Gasteiger partial charge on any atom is -0.457 e. The van der Waals surface area contributed by atoms with Crippen LogP contribution in [-0.4, -0.2) is 32.9 Å². The van der Waals surface area contributed by atoms with E-state index in [0.29, 0.717) is 22.3 Å². The van der Waals surface area contributed by atoms with E-state index >= 15 is 0 Å². The van der Waals surface area contributed by atoms with Gasteiger partial charge in [0.25, 0.3) is 5.56 Å². The Morgan fingerprint density at radius 2 is 1.60 bits per heavy atom. The number of esters is 1. The summed E-state index contributed by atoms with van der Waals surface area (Å²) >= 11 is 0. The number of rotatable bonds is 7. The van der Waals surface area contributed by atoms with E-state index in [1.807, 2.05) is 66.2 Å². The minimum absolute atomic E-state index is 0.00433. The molecule has 0 aliphatic rings. The van der Waals surface area contributed by atoms with Crippen LogP contribution < -0.4 is 5.56 Å². The number of carbonyl (C=O) groups is 2. The van der Waals surface area contributed by atoms with Gasteiger partial charge in [-0.15, -0.1) is 0 Å². The molecule has 0 aliphatic carbocycles. The number of H-pyrrole nitrogens is 1. The third-order valence-electron chi connectivity index (χ3n) is 6.03. The minimum atomic E-state index is -0.532. The summed E-state index contributed by atoms with van der Waals surface area (Å²) in [6.45, 7) is -0.367. The monoisotopic (exact) mass is 465 g/mol. The first-order valence-corrected chi connectivity index (χ1v) is 11.3. The highest BCUT2D eigenvalue weighted by Crippen LogP contribution is 2.33. The van der Waals surface area contributed by atoms with Crippen LogP contribution in [0.2, 0.25) is 0 Å². The van der Waals surface area contributed by atoms with Crippen molar-refractivity contribution in [2.24, 2.45) is 7.05 Å². The molecule has 0 amide bonds. The van der Waals surface area contributed by atoms with Crippen molar-refractivity contribution in [2.45, 2.75) is 12.8 Å². The molecule has 0 bridgehead atoms. The van der Waals surface area contributed by atoms with Crippen molar-refractivity contribution >= 4 is 33.6 Å². The van der Waals surface area contributed by atoms with Crippen LogP contribution in [0, 0.1) is 0 Å². The van der Waals surface area contributed by atoms with Gasteiger partial charge in [0.05, 0.1) is 28.6 Å². The zero-order valence-electron chi connectivity index (χ0n) is 19.2. The van der Waals surface area contributed by atoms with Gasteiger partial charge < -0.3 is 14.3 Å². The van der Waals surface area contributed by atoms with Crippen molar-refractivity contribution in [3.8, 4) is 11.3 Å². The third-order valence-corrected chi connectivity index (χ3v) is 6.03. The normalized spacial score (nSPS) is 11.1. The first-order valence-electron chi connectivity index (χ1n) is 11.3. The van der Waals surface area contributed by atoms with Gasteiger partial charge in [0.1, 0.15) is 5.82 Å². The predicted octanol–water partition coefficient (Wildman–Crippen LogP) is 4.44. The van der Waals surface area contributed by atoms with E-state index in [1.165, 1.54) is 0 Å². The Bertz CT molecular complexity index is 1620. The fourth-order valence-electron chi connectivity index (χ4n) is 4.37. The summed E-state index contributed by atoms with van der Waals surface area (Å²) in [6, 6.07) is 24.4. The number of Topliss-reactive ketones (excluding diaryl/α,β-unsaturated/α-hetero) is 1. The Kier molecular flexibility index (Phi) is 5.97. The zero-order valence-corrected chi connectivity index (χ0v) is 19.2. The number of nitrogens with one attached hydrogen (secondary N) is 1. The second kappa shape index (κ2) is 9.38. The summed E-state index contributed by atoms with van der Waals surface area (Å²) in [5.41, 5.74) is 3.46. The molecule has 0 radical (unpaired) electrons. The molecular weight excluding hydrogens is 442 g/mol. The van der Waals surface area contributed by atoms with Gasteiger partial charge in [-0.2, -0.15) is 0 Å². The number of hydrogen-bond donors (Lipinski definition) is 1. The number of aromatic amines is 1. The number of carbonyl (C=O) groups excluding carboxylic acids is 2. The molecule has 0 fully saturated rings. The lowest BCUT2D eigenvalue weighted by molar-refractivity contribution is -0.142. The molecule has 0 saturated carbocycles. The molecule has 0 saturated heterocycles. The summed E-state index contributed by atoms with van der Waals surface area (Å²) < 4.78 is 7.32. The highest BCUT2D eigenvalue weighted by Gasteiger charge is 2.23. The molecule has 0 aliphatic heterocycles. The Hall–Kier alpha value is -4.52. The van der Waals surface area contributed by atoms with Crippen molar-refractivity contribution in [1.29, 1.82) is 0 Å². The van der Waals surface area contributed by atoms with E-state index in [1.54, 1.807) is 24.3 Å². The number of hydrogen-bond acceptors (Lipinski definition) is 5. The predicted molar refractivity (Wildman–Crippen MR) is 134 cm³/mol. The smallest absolute Gasteiger partial charge is 0.306 e. The van der Waals surface area contributed by atoms with Gasteiger partial charge in [-0.1, -0.05) is 60.7 Å². The number of ether oxygens (including phenoxy) is 1. The lowest BCUT2D eigenvalue weighted by atomic mass is 10.0. The number of aromatic nitrogens is 3. The van der Waals surface area contributed by atoms with E-state index in [-0.39, 0.29) is 30.8 Å². The number of fused-ring (bicyclic) bond motifs is 2. The lowest BCUT2D eigenvalue weighted by Crippen LogP contribution is -2.17. The average molecular weight is 466 g/mol. The largest absolute Gasteiger partial charge is 0.457 e. The average Bonchev–Trinajstić information content (AvgIpc) is 3.19. The molecule has 5 aromatic rings. The second-order valence-electron chi connectivity index (χ2n) is 8.28. The standard InChI is InChI=1S/C28H23N3O4/c1-31-22-14-8-6-12-20(22)26(27(31)18-9-3-2-4-10-18)23(32)17-35-25(33)16-15-24-29-21-13-7-5-11-19(21)28(34)30-24/h2-14H,15-17H2,1H3,(H,29,30,34). The van der Waals surface area contributed by atoms with Gasteiger partial charge in [-0.05, 0) is 23.8 Å². The van der Waals surface area contributed by atoms with Gasteiger partial charge in [-0.25, -0.2) is 4.98 Å². The first-order chi connectivity index (χ1) is 17.0. The Labute approximate surface area is 201 Å². The third kappa shape index (κ3) is 4.36. The molecule has 3 aromatic carbocycles. The number of para-hydroxylation sites is 2. The fourth-order valence-corrected chi connectivity index (χ4v) is 4.37. The van der Waals surface area contributed by atoms with Crippen LogP contribution in [-0.2, 0) is 23.0 Å². The van der Waals surface area contributed by atoms with Crippen LogP contribution >= 0.6 is 0 Å². The maximum absolute atomic E-state index is 13.3.